The van der Waals surface area contributed by atoms with Crippen LogP contribution < -0.4 is 5.32 Å². The molecule has 23 heavy (non-hydrogen) atoms. The van der Waals surface area contributed by atoms with Gasteiger partial charge in [-0.2, -0.15) is 0 Å². The van der Waals surface area contributed by atoms with E-state index in [0.29, 0.717) is 17.6 Å². The summed E-state index contributed by atoms with van der Waals surface area (Å²) >= 11 is 0. The third-order valence-corrected chi connectivity index (χ3v) is 4.22. The maximum Gasteiger partial charge on any atom is 0.244 e. The average Bonchev–Trinajstić information content (AvgIpc) is 3.12. The first-order valence-corrected chi connectivity index (χ1v) is 7.91. The normalized spacial score (nSPS) is 21.3. The first-order chi connectivity index (χ1) is 11.2. The summed E-state index contributed by atoms with van der Waals surface area (Å²) in [6.45, 7) is 2.06. The molecule has 3 unspecified atom stereocenters. The number of nitrogens with one attached hydrogen (secondary N) is 1. The van der Waals surface area contributed by atoms with Crippen LogP contribution in [0, 0.1) is 5.92 Å². The van der Waals surface area contributed by atoms with Crippen LogP contribution in [-0.2, 0) is 4.79 Å². The minimum Gasteiger partial charge on any atom is -0.461 e. The van der Waals surface area contributed by atoms with Crippen molar-refractivity contribution in [2.45, 2.75) is 25.3 Å². The Morgan fingerprint density at radius 1 is 1.35 bits per heavy atom. The second-order valence-electron chi connectivity index (χ2n) is 6.05. The van der Waals surface area contributed by atoms with Gasteiger partial charge in [-0.1, -0.05) is 37.3 Å². The number of rotatable bonds is 6. The second kappa shape index (κ2) is 6.84. The molecule has 2 aromatic rings. The van der Waals surface area contributed by atoms with Crippen molar-refractivity contribution >= 4 is 12.0 Å². The summed E-state index contributed by atoms with van der Waals surface area (Å²) in [5.74, 6) is 2.63. The van der Waals surface area contributed by atoms with E-state index in [4.69, 9.17) is 4.42 Å². The summed E-state index contributed by atoms with van der Waals surface area (Å²) in [5, 5.41) is 12.2. The molecule has 120 valence electrons. The summed E-state index contributed by atoms with van der Waals surface area (Å²) in [5.41, 5.74) is 0.875. The second-order valence-corrected chi connectivity index (χ2v) is 6.05. The number of carbonyl (C=O) groups excluding carboxylic acids is 1. The van der Waals surface area contributed by atoms with Gasteiger partial charge in [0.1, 0.15) is 11.5 Å². The Balaban J connectivity index is 1.58. The molecule has 1 aromatic carbocycles. The average molecular weight is 311 g/mol. The van der Waals surface area contributed by atoms with Gasteiger partial charge >= 0.3 is 0 Å². The monoisotopic (exact) mass is 311 g/mol. The highest BCUT2D eigenvalue weighted by Crippen LogP contribution is 2.47. The van der Waals surface area contributed by atoms with Crippen LogP contribution in [0.3, 0.4) is 0 Å². The molecule has 1 aromatic heterocycles. The molecular formula is C19H21NO3. The molecular weight excluding hydrogens is 290 g/mol. The van der Waals surface area contributed by atoms with Gasteiger partial charge in [-0.15, -0.1) is 0 Å². The van der Waals surface area contributed by atoms with E-state index in [1.807, 2.05) is 42.5 Å². The Hall–Kier alpha value is -2.33. The number of carbonyl (C=O) groups is 1. The van der Waals surface area contributed by atoms with Crippen LogP contribution in [-0.4, -0.2) is 17.6 Å². The molecule has 1 heterocycles. The summed E-state index contributed by atoms with van der Waals surface area (Å²) in [6.07, 6.45) is 4.27. The van der Waals surface area contributed by atoms with Gasteiger partial charge < -0.3 is 14.8 Å². The van der Waals surface area contributed by atoms with Crippen molar-refractivity contribution < 1.29 is 14.3 Å². The van der Waals surface area contributed by atoms with Gasteiger partial charge in [0.15, 0.2) is 0 Å². The maximum absolute atomic E-state index is 12.0. The minimum atomic E-state index is -0.409. The van der Waals surface area contributed by atoms with E-state index < -0.39 is 6.04 Å². The fourth-order valence-electron chi connectivity index (χ4n) is 2.67. The van der Waals surface area contributed by atoms with Crippen molar-refractivity contribution in [3.8, 4) is 0 Å². The van der Waals surface area contributed by atoms with E-state index >= 15 is 0 Å². The van der Waals surface area contributed by atoms with Crippen LogP contribution in [0.4, 0.5) is 0 Å². The summed E-state index contributed by atoms with van der Waals surface area (Å²) in [4.78, 5) is 12.0. The lowest BCUT2D eigenvalue weighted by atomic mass is 10.1. The Bertz CT molecular complexity index is 690. The van der Waals surface area contributed by atoms with Crippen LogP contribution in [0.15, 0.2) is 53.0 Å². The van der Waals surface area contributed by atoms with Gasteiger partial charge in [0.05, 0.1) is 12.6 Å². The highest BCUT2D eigenvalue weighted by molar-refractivity contribution is 5.91. The number of aliphatic hydroxyl groups excluding tert-OH is 1. The van der Waals surface area contributed by atoms with Crippen molar-refractivity contribution in [3.05, 3.63) is 65.6 Å². The van der Waals surface area contributed by atoms with E-state index in [0.717, 1.165) is 11.3 Å². The van der Waals surface area contributed by atoms with Crippen LogP contribution in [0.5, 0.6) is 0 Å². The molecule has 1 aliphatic rings. The number of furan rings is 1. The largest absolute Gasteiger partial charge is 0.461 e. The van der Waals surface area contributed by atoms with Crippen molar-refractivity contribution in [3.63, 3.8) is 0 Å². The Morgan fingerprint density at radius 2 is 2.09 bits per heavy atom. The van der Waals surface area contributed by atoms with Crippen LogP contribution in [0.1, 0.15) is 42.4 Å². The predicted molar refractivity (Wildman–Crippen MR) is 88.7 cm³/mol. The van der Waals surface area contributed by atoms with Crippen LogP contribution in [0.25, 0.3) is 6.08 Å². The van der Waals surface area contributed by atoms with Gasteiger partial charge in [0.25, 0.3) is 0 Å². The highest BCUT2D eigenvalue weighted by Gasteiger charge is 2.36. The van der Waals surface area contributed by atoms with Crippen molar-refractivity contribution in [2.24, 2.45) is 5.92 Å². The lowest BCUT2D eigenvalue weighted by molar-refractivity contribution is -0.117. The third kappa shape index (κ3) is 3.90. The number of amides is 1. The molecule has 0 aliphatic heterocycles. The van der Waals surface area contributed by atoms with Crippen LogP contribution >= 0.6 is 0 Å². The topological polar surface area (TPSA) is 62.5 Å². The Morgan fingerprint density at radius 3 is 2.74 bits per heavy atom. The molecule has 4 heteroatoms. The fourth-order valence-corrected chi connectivity index (χ4v) is 2.67. The summed E-state index contributed by atoms with van der Waals surface area (Å²) in [7, 11) is 0. The van der Waals surface area contributed by atoms with Gasteiger partial charge in [-0.3, -0.25) is 4.79 Å². The highest BCUT2D eigenvalue weighted by atomic mass is 16.3. The van der Waals surface area contributed by atoms with Gasteiger partial charge in [0.2, 0.25) is 5.91 Å². The van der Waals surface area contributed by atoms with E-state index in [1.54, 1.807) is 6.08 Å². The molecule has 1 amide bonds. The zero-order chi connectivity index (χ0) is 16.2. The van der Waals surface area contributed by atoms with Gasteiger partial charge in [0, 0.05) is 12.0 Å². The molecule has 3 rings (SSSR count). The molecule has 0 saturated heterocycles. The zero-order valence-corrected chi connectivity index (χ0v) is 13.1. The Labute approximate surface area is 135 Å². The number of benzene rings is 1. The van der Waals surface area contributed by atoms with E-state index in [1.165, 1.54) is 12.5 Å². The quantitative estimate of drug-likeness (QED) is 0.805. The lowest BCUT2D eigenvalue weighted by Crippen LogP contribution is -2.29. The van der Waals surface area contributed by atoms with Crippen LogP contribution in [0.2, 0.25) is 0 Å². The van der Waals surface area contributed by atoms with Crippen molar-refractivity contribution in [1.82, 2.24) is 5.32 Å². The Kier molecular flexibility index (Phi) is 4.63. The zero-order valence-electron chi connectivity index (χ0n) is 13.1. The smallest absolute Gasteiger partial charge is 0.244 e. The molecule has 2 N–H and O–H groups in total. The first-order valence-electron chi connectivity index (χ1n) is 7.91. The van der Waals surface area contributed by atoms with E-state index in [-0.39, 0.29) is 12.5 Å². The standard InChI is InChI=1S/C19H21NO3/c1-13-11-16(13)18-9-7-15(23-18)8-10-19(22)20-17(12-21)14-5-3-2-4-6-14/h2-10,13,16-17,21H,11-12H2,1H3,(H,20,22)/b10-8+. The molecule has 4 nitrogen and oxygen atoms in total. The molecule has 1 saturated carbocycles. The molecule has 0 spiro atoms. The SMILES string of the molecule is CC1CC1c1ccc(/C=C/C(=O)NC(CO)c2ccccc2)o1. The molecule has 1 fully saturated rings. The predicted octanol–water partition coefficient (Wildman–Crippen LogP) is 3.27. The molecule has 3 atom stereocenters. The summed E-state index contributed by atoms with van der Waals surface area (Å²) < 4.78 is 5.73. The third-order valence-electron chi connectivity index (χ3n) is 4.22. The molecule has 0 radical (unpaired) electrons. The number of aliphatic hydroxyl groups is 1. The van der Waals surface area contributed by atoms with Crippen molar-refractivity contribution in [1.29, 1.82) is 0 Å². The summed E-state index contributed by atoms with van der Waals surface area (Å²) in [6, 6.07) is 12.9. The molecule has 1 aliphatic carbocycles. The lowest BCUT2D eigenvalue weighted by Gasteiger charge is -2.15. The van der Waals surface area contributed by atoms with Crippen molar-refractivity contribution in [2.75, 3.05) is 6.61 Å². The number of hydrogen-bond donors (Lipinski definition) is 2. The fraction of sp³-hybridized carbons (Fsp3) is 0.316. The van der Waals surface area contributed by atoms with Gasteiger partial charge in [-0.05, 0) is 36.1 Å². The van der Waals surface area contributed by atoms with Gasteiger partial charge in [-0.25, -0.2) is 0 Å². The minimum absolute atomic E-state index is 0.145. The van der Waals surface area contributed by atoms with E-state index in [2.05, 4.69) is 12.2 Å². The molecule has 0 bridgehead atoms. The first kappa shape index (κ1) is 15.6. The van der Waals surface area contributed by atoms with E-state index in [9.17, 15) is 9.90 Å². The maximum atomic E-state index is 12.0. The number of hydrogen-bond acceptors (Lipinski definition) is 3.